The minimum atomic E-state index is -0.565. The number of hydrogen-bond donors (Lipinski definition) is 1. The first-order valence-corrected chi connectivity index (χ1v) is 4.53. The van der Waals surface area contributed by atoms with Gasteiger partial charge >= 0.3 is 0 Å². The maximum atomic E-state index is 13.4. The summed E-state index contributed by atoms with van der Waals surface area (Å²) in [7, 11) is 1.54. The van der Waals surface area contributed by atoms with Crippen molar-refractivity contribution in [1.29, 1.82) is 0 Å². The van der Waals surface area contributed by atoms with Gasteiger partial charge in [-0.2, -0.15) is 0 Å². The lowest BCUT2D eigenvalue weighted by atomic mass is 10.2. The molecular formula is C9H7ClFN3O. The molecule has 15 heavy (non-hydrogen) atoms. The Labute approximate surface area is 89.3 Å². The number of aryl methyl sites for hydroxylation is 1. The van der Waals surface area contributed by atoms with E-state index in [2.05, 4.69) is 10.1 Å². The molecule has 0 amide bonds. The van der Waals surface area contributed by atoms with Crippen molar-refractivity contribution in [1.82, 2.24) is 14.8 Å². The molecule has 0 radical (unpaired) electrons. The van der Waals surface area contributed by atoms with E-state index in [0.717, 1.165) is 6.07 Å². The van der Waals surface area contributed by atoms with E-state index in [0.29, 0.717) is 5.69 Å². The summed E-state index contributed by atoms with van der Waals surface area (Å²) in [5.41, 5.74) is 0.162. The van der Waals surface area contributed by atoms with Gasteiger partial charge in [0.05, 0.1) is 10.7 Å². The molecule has 1 N–H and O–H groups in total. The highest BCUT2D eigenvalue weighted by Gasteiger charge is 2.10. The Kier molecular flexibility index (Phi) is 2.32. The summed E-state index contributed by atoms with van der Waals surface area (Å²) < 4.78 is 14.6. The van der Waals surface area contributed by atoms with Gasteiger partial charge in [-0.3, -0.25) is 14.6 Å². The van der Waals surface area contributed by atoms with Crippen LogP contribution in [0.1, 0.15) is 0 Å². The lowest BCUT2D eigenvalue weighted by molar-refractivity contribution is 0.624. The molecule has 6 heteroatoms. The van der Waals surface area contributed by atoms with Gasteiger partial charge in [0.1, 0.15) is 5.69 Å². The summed E-state index contributed by atoms with van der Waals surface area (Å²) in [4.78, 5) is 15.0. The molecule has 2 aromatic rings. The summed E-state index contributed by atoms with van der Waals surface area (Å²) in [6.45, 7) is 0. The van der Waals surface area contributed by atoms with Gasteiger partial charge in [-0.25, -0.2) is 9.37 Å². The second-order valence-electron chi connectivity index (χ2n) is 3.05. The van der Waals surface area contributed by atoms with Crippen molar-refractivity contribution >= 4 is 11.6 Å². The first kappa shape index (κ1) is 9.92. The number of hydrogen-bond acceptors (Lipinski definition) is 2. The predicted octanol–water partition coefficient (Wildman–Crippen LogP) is 1.57. The summed E-state index contributed by atoms with van der Waals surface area (Å²) in [6, 6.07) is 2.43. The predicted molar refractivity (Wildman–Crippen MR) is 54.2 cm³/mol. The van der Waals surface area contributed by atoms with Crippen LogP contribution in [-0.2, 0) is 7.05 Å². The zero-order valence-corrected chi connectivity index (χ0v) is 8.55. The van der Waals surface area contributed by atoms with Gasteiger partial charge in [0.2, 0.25) is 0 Å². The number of rotatable bonds is 1. The SMILES string of the molecule is Cn1[nH]c(-c2ncc(Cl)cc2F)cc1=O. The van der Waals surface area contributed by atoms with Crippen molar-refractivity contribution in [3.8, 4) is 11.4 Å². The first-order valence-electron chi connectivity index (χ1n) is 4.15. The highest BCUT2D eigenvalue weighted by Crippen LogP contribution is 2.19. The van der Waals surface area contributed by atoms with Crippen LogP contribution in [0.4, 0.5) is 4.39 Å². The summed E-state index contributed by atoms with van der Waals surface area (Å²) >= 11 is 5.56. The number of pyridine rings is 1. The molecule has 2 heterocycles. The molecule has 78 valence electrons. The van der Waals surface area contributed by atoms with Crippen molar-refractivity contribution in [2.24, 2.45) is 7.05 Å². The van der Waals surface area contributed by atoms with Crippen molar-refractivity contribution < 1.29 is 4.39 Å². The smallest absolute Gasteiger partial charge is 0.266 e. The van der Waals surface area contributed by atoms with Crippen molar-refractivity contribution in [3.05, 3.63) is 39.5 Å². The van der Waals surface area contributed by atoms with E-state index in [4.69, 9.17) is 11.6 Å². The van der Waals surface area contributed by atoms with E-state index in [1.807, 2.05) is 0 Å². The van der Waals surface area contributed by atoms with Gasteiger partial charge in [-0.1, -0.05) is 11.6 Å². The molecule has 0 aromatic carbocycles. The quantitative estimate of drug-likeness (QED) is 0.804. The zero-order valence-electron chi connectivity index (χ0n) is 7.79. The molecule has 0 unspecified atom stereocenters. The van der Waals surface area contributed by atoms with E-state index in [-0.39, 0.29) is 16.3 Å². The van der Waals surface area contributed by atoms with Gasteiger partial charge in [-0.05, 0) is 6.07 Å². The molecule has 0 aliphatic rings. The van der Waals surface area contributed by atoms with E-state index in [9.17, 15) is 9.18 Å². The second kappa shape index (κ2) is 3.51. The fourth-order valence-electron chi connectivity index (χ4n) is 1.22. The second-order valence-corrected chi connectivity index (χ2v) is 3.49. The maximum absolute atomic E-state index is 13.4. The van der Waals surface area contributed by atoms with E-state index in [1.54, 1.807) is 7.05 Å². The molecular weight excluding hydrogens is 221 g/mol. The van der Waals surface area contributed by atoms with Gasteiger partial charge in [-0.15, -0.1) is 0 Å². The van der Waals surface area contributed by atoms with E-state index < -0.39 is 5.82 Å². The maximum Gasteiger partial charge on any atom is 0.266 e. The number of nitrogens with one attached hydrogen (secondary N) is 1. The third-order valence-electron chi connectivity index (χ3n) is 1.95. The third kappa shape index (κ3) is 1.78. The van der Waals surface area contributed by atoms with Gasteiger partial charge in [0.15, 0.2) is 5.82 Å². The lowest BCUT2D eigenvalue weighted by Gasteiger charge is -1.99. The molecule has 4 nitrogen and oxygen atoms in total. The average Bonchev–Trinajstić information content (AvgIpc) is 2.46. The molecule has 0 aliphatic carbocycles. The Morgan fingerprint density at radius 1 is 1.53 bits per heavy atom. The molecule has 0 aliphatic heterocycles. The monoisotopic (exact) mass is 227 g/mol. The summed E-state index contributed by atoms with van der Waals surface area (Å²) in [5.74, 6) is -0.565. The van der Waals surface area contributed by atoms with Crippen LogP contribution in [0, 0.1) is 5.82 Å². The van der Waals surface area contributed by atoms with Gasteiger partial charge in [0, 0.05) is 19.3 Å². The average molecular weight is 228 g/mol. The number of H-pyrrole nitrogens is 1. The fraction of sp³-hybridized carbons (Fsp3) is 0.111. The van der Waals surface area contributed by atoms with E-state index in [1.165, 1.54) is 16.9 Å². The van der Waals surface area contributed by atoms with Crippen LogP contribution in [-0.4, -0.2) is 14.8 Å². The molecule has 2 rings (SSSR count). The molecule has 0 atom stereocenters. The highest BCUT2D eigenvalue weighted by atomic mass is 35.5. The Bertz CT molecular complexity index is 561. The van der Waals surface area contributed by atoms with E-state index >= 15 is 0 Å². The molecule has 0 saturated heterocycles. The molecule has 0 bridgehead atoms. The number of nitrogens with zero attached hydrogens (tertiary/aromatic N) is 2. The van der Waals surface area contributed by atoms with Crippen LogP contribution in [0.15, 0.2) is 23.1 Å². The summed E-state index contributed by atoms with van der Waals surface area (Å²) in [6.07, 6.45) is 1.32. The van der Waals surface area contributed by atoms with Crippen LogP contribution in [0.2, 0.25) is 5.02 Å². The third-order valence-corrected chi connectivity index (χ3v) is 2.16. The minimum absolute atomic E-state index is 0.0806. The van der Waals surface area contributed by atoms with Crippen molar-refractivity contribution in [2.75, 3.05) is 0 Å². The van der Waals surface area contributed by atoms with Crippen LogP contribution in [0.25, 0.3) is 11.4 Å². The Balaban J connectivity index is 2.59. The minimum Gasteiger partial charge on any atom is -0.294 e. The summed E-state index contributed by atoms with van der Waals surface area (Å²) in [5, 5.41) is 2.90. The number of aromatic amines is 1. The highest BCUT2D eigenvalue weighted by molar-refractivity contribution is 6.30. The fourth-order valence-corrected chi connectivity index (χ4v) is 1.37. The number of halogens is 2. The van der Waals surface area contributed by atoms with Crippen LogP contribution >= 0.6 is 11.6 Å². The van der Waals surface area contributed by atoms with Crippen molar-refractivity contribution in [3.63, 3.8) is 0 Å². The molecule has 2 aromatic heterocycles. The Hall–Kier alpha value is -1.62. The van der Waals surface area contributed by atoms with Crippen LogP contribution in [0.5, 0.6) is 0 Å². The molecule has 0 fully saturated rings. The Morgan fingerprint density at radius 3 is 2.80 bits per heavy atom. The normalized spacial score (nSPS) is 10.6. The number of aromatic nitrogens is 3. The van der Waals surface area contributed by atoms with Gasteiger partial charge in [0.25, 0.3) is 5.56 Å². The van der Waals surface area contributed by atoms with Gasteiger partial charge < -0.3 is 0 Å². The molecule has 0 spiro atoms. The topological polar surface area (TPSA) is 50.7 Å². The zero-order chi connectivity index (χ0) is 11.0. The lowest BCUT2D eigenvalue weighted by Crippen LogP contribution is -2.09. The Morgan fingerprint density at radius 2 is 2.27 bits per heavy atom. The van der Waals surface area contributed by atoms with Crippen molar-refractivity contribution in [2.45, 2.75) is 0 Å². The van der Waals surface area contributed by atoms with Crippen LogP contribution in [0.3, 0.4) is 0 Å². The van der Waals surface area contributed by atoms with Crippen LogP contribution < -0.4 is 5.56 Å². The standard InChI is InChI=1S/C9H7ClFN3O/c1-14-8(15)3-7(13-14)9-6(11)2-5(10)4-12-9/h2-4,13H,1H3. The first-order chi connectivity index (χ1) is 7.08. The molecule has 0 saturated carbocycles. The largest absolute Gasteiger partial charge is 0.294 e.